The van der Waals surface area contributed by atoms with Crippen molar-refractivity contribution in [2.75, 3.05) is 5.32 Å². The summed E-state index contributed by atoms with van der Waals surface area (Å²) in [6.45, 7) is 0. The quantitative estimate of drug-likeness (QED) is 0.767. The number of carboxylic acid groups (broad SMARTS) is 1. The first-order valence-electron chi connectivity index (χ1n) is 5.26. The number of hydrogen-bond acceptors (Lipinski definition) is 4. The molecule has 0 spiro atoms. The molecule has 0 bridgehead atoms. The van der Waals surface area contributed by atoms with Gasteiger partial charge in [-0.1, -0.05) is 6.07 Å². The molecule has 0 aliphatic carbocycles. The SMILES string of the molecule is O=C(CCc1cccs1)Nc1cc(C(=O)O)[nH]n1. The number of hydrogen-bond donors (Lipinski definition) is 3. The Morgan fingerprint density at radius 1 is 1.50 bits per heavy atom. The minimum atomic E-state index is -1.11. The number of aromatic amines is 1. The number of carbonyl (C=O) groups is 2. The zero-order valence-corrected chi connectivity index (χ0v) is 10.2. The van der Waals surface area contributed by atoms with E-state index in [2.05, 4.69) is 15.5 Å². The van der Waals surface area contributed by atoms with Crippen LogP contribution in [0, 0.1) is 0 Å². The van der Waals surface area contributed by atoms with Crippen molar-refractivity contribution in [3.05, 3.63) is 34.2 Å². The minimum Gasteiger partial charge on any atom is -0.477 e. The lowest BCUT2D eigenvalue weighted by Gasteiger charge is -1.99. The molecule has 1 amide bonds. The molecule has 0 aliphatic rings. The first-order chi connectivity index (χ1) is 8.65. The molecule has 0 atom stereocenters. The molecule has 2 aromatic rings. The van der Waals surface area contributed by atoms with Crippen LogP contribution >= 0.6 is 11.3 Å². The van der Waals surface area contributed by atoms with Gasteiger partial charge in [0.05, 0.1) is 0 Å². The van der Waals surface area contributed by atoms with E-state index in [4.69, 9.17) is 5.11 Å². The van der Waals surface area contributed by atoms with Crippen molar-refractivity contribution in [1.82, 2.24) is 10.2 Å². The summed E-state index contributed by atoms with van der Waals surface area (Å²) in [5.41, 5.74) is -0.0523. The summed E-state index contributed by atoms with van der Waals surface area (Å²) < 4.78 is 0. The van der Waals surface area contributed by atoms with Gasteiger partial charge in [0.25, 0.3) is 0 Å². The molecular weight excluding hydrogens is 254 g/mol. The Balaban J connectivity index is 1.85. The number of amides is 1. The van der Waals surface area contributed by atoms with E-state index < -0.39 is 5.97 Å². The van der Waals surface area contributed by atoms with Crippen LogP contribution in [0.3, 0.4) is 0 Å². The van der Waals surface area contributed by atoms with Crippen LogP contribution in [0.5, 0.6) is 0 Å². The lowest BCUT2D eigenvalue weighted by Crippen LogP contribution is -2.12. The number of aryl methyl sites for hydroxylation is 1. The third kappa shape index (κ3) is 3.17. The highest BCUT2D eigenvalue weighted by atomic mass is 32.1. The molecule has 3 N–H and O–H groups in total. The van der Waals surface area contributed by atoms with Crippen LogP contribution in [0.4, 0.5) is 5.82 Å². The van der Waals surface area contributed by atoms with Crippen molar-refractivity contribution in [3.63, 3.8) is 0 Å². The fraction of sp³-hybridized carbons (Fsp3) is 0.182. The number of rotatable bonds is 5. The molecule has 0 aromatic carbocycles. The molecule has 7 heteroatoms. The van der Waals surface area contributed by atoms with Crippen molar-refractivity contribution in [3.8, 4) is 0 Å². The average molecular weight is 265 g/mol. The average Bonchev–Trinajstić information content (AvgIpc) is 2.96. The summed E-state index contributed by atoms with van der Waals surface area (Å²) in [5, 5.41) is 19.2. The number of carboxylic acids is 1. The number of nitrogens with one attached hydrogen (secondary N) is 2. The van der Waals surface area contributed by atoms with E-state index in [0.717, 1.165) is 4.88 Å². The van der Waals surface area contributed by atoms with Gasteiger partial charge in [-0.15, -0.1) is 11.3 Å². The molecule has 2 heterocycles. The second-order valence-corrected chi connectivity index (χ2v) is 4.63. The summed E-state index contributed by atoms with van der Waals surface area (Å²) >= 11 is 1.60. The molecule has 6 nitrogen and oxygen atoms in total. The second kappa shape index (κ2) is 5.46. The molecule has 18 heavy (non-hydrogen) atoms. The fourth-order valence-electron chi connectivity index (χ4n) is 1.39. The molecule has 0 radical (unpaired) electrons. The largest absolute Gasteiger partial charge is 0.477 e. The maximum atomic E-state index is 11.6. The number of carbonyl (C=O) groups excluding carboxylic acids is 1. The molecular formula is C11H11N3O3S. The Hall–Kier alpha value is -2.15. The fourth-order valence-corrected chi connectivity index (χ4v) is 2.10. The Morgan fingerprint density at radius 2 is 2.33 bits per heavy atom. The highest BCUT2D eigenvalue weighted by Crippen LogP contribution is 2.12. The van der Waals surface area contributed by atoms with Crippen molar-refractivity contribution in [2.24, 2.45) is 0 Å². The Bertz CT molecular complexity index is 548. The Labute approximate surface area is 107 Å². The summed E-state index contributed by atoms with van der Waals surface area (Å²) in [4.78, 5) is 23.3. The molecule has 0 aliphatic heterocycles. The number of aromatic nitrogens is 2. The van der Waals surface area contributed by atoms with Gasteiger partial charge in [-0.2, -0.15) is 5.10 Å². The van der Waals surface area contributed by atoms with E-state index in [0.29, 0.717) is 12.8 Å². The summed E-state index contributed by atoms with van der Waals surface area (Å²) in [6, 6.07) is 5.19. The predicted molar refractivity (Wildman–Crippen MR) is 66.8 cm³/mol. The van der Waals surface area contributed by atoms with Crippen LogP contribution in [0.25, 0.3) is 0 Å². The standard InChI is InChI=1S/C11H11N3O3S/c15-10(4-3-7-2-1-5-18-7)12-9-6-8(11(16)17)13-14-9/h1-2,5-6H,3-4H2,(H,16,17)(H2,12,13,14,15). The number of thiophene rings is 1. The van der Waals surface area contributed by atoms with Crippen LogP contribution in [-0.4, -0.2) is 27.2 Å². The zero-order chi connectivity index (χ0) is 13.0. The van der Waals surface area contributed by atoms with Crippen molar-refractivity contribution < 1.29 is 14.7 Å². The smallest absolute Gasteiger partial charge is 0.353 e. The van der Waals surface area contributed by atoms with E-state index >= 15 is 0 Å². The molecule has 0 saturated carbocycles. The molecule has 0 fully saturated rings. The van der Waals surface area contributed by atoms with Gasteiger partial charge in [0.1, 0.15) is 5.69 Å². The van der Waals surface area contributed by atoms with Crippen molar-refractivity contribution in [2.45, 2.75) is 12.8 Å². The Kier molecular flexibility index (Phi) is 3.73. The first kappa shape index (κ1) is 12.3. The van der Waals surface area contributed by atoms with E-state index in [-0.39, 0.29) is 17.4 Å². The van der Waals surface area contributed by atoms with Gasteiger partial charge < -0.3 is 10.4 Å². The van der Waals surface area contributed by atoms with Gasteiger partial charge in [-0.25, -0.2) is 4.79 Å². The van der Waals surface area contributed by atoms with E-state index in [1.54, 1.807) is 11.3 Å². The molecule has 2 aromatic heterocycles. The van der Waals surface area contributed by atoms with Gasteiger partial charge in [-0.05, 0) is 17.9 Å². The van der Waals surface area contributed by atoms with Gasteiger partial charge in [0.15, 0.2) is 5.82 Å². The minimum absolute atomic E-state index is 0.0523. The van der Waals surface area contributed by atoms with Crippen LogP contribution in [0.1, 0.15) is 21.8 Å². The van der Waals surface area contributed by atoms with Gasteiger partial charge in [-0.3, -0.25) is 9.89 Å². The molecule has 0 saturated heterocycles. The van der Waals surface area contributed by atoms with Crippen LogP contribution < -0.4 is 5.32 Å². The third-order valence-electron chi connectivity index (χ3n) is 2.25. The van der Waals surface area contributed by atoms with Crippen molar-refractivity contribution in [1.29, 1.82) is 0 Å². The summed E-state index contributed by atoms with van der Waals surface area (Å²) in [5.74, 6) is -1.07. The number of H-pyrrole nitrogens is 1. The Morgan fingerprint density at radius 3 is 2.94 bits per heavy atom. The molecule has 94 valence electrons. The maximum absolute atomic E-state index is 11.6. The third-order valence-corrected chi connectivity index (χ3v) is 3.19. The second-order valence-electron chi connectivity index (χ2n) is 3.60. The lowest BCUT2D eigenvalue weighted by molar-refractivity contribution is -0.116. The number of anilines is 1. The number of nitrogens with zero attached hydrogens (tertiary/aromatic N) is 1. The monoisotopic (exact) mass is 265 g/mol. The van der Waals surface area contributed by atoms with E-state index in [1.165, 1.54) is 6.07 Å². The van der Waals surface area contributed by atoms with Crippen LogP contribution in [-0.2, 0) is 11.2 Å². The summed E-state index contributed by atoms with van der Waals surface area (Å²) in [7, 11) is 0. The zero-order valence-electron chi connectivity index (χ0n) is 9.34. The van der Waals surface area contributed by atoms with Gasteiger partial charge >= 0.3 is 5.97 Å². The van der Waals surface area contributed by atoms with E-state index in [9.17, 15) is 9.59 Å². The molecule has 0 unspecified atom stereocenters. The van der Waals surface area contributed by atoms with Gasteiger partial charge in [0, 0.05) is 17.4 Å². The highest BCUT2D eigenvalue weighted by molar-refractivity contribution is 7.09. The van der Waals surface area contributed by atoms with Crippen molar-refractivity contribution >= 4 is 29.0 Å². The highest BCUT2D eigenvalue weighted by Gasteiger charge is 2.10. The normalized spacial score (nSPS) is 10.2. The number of aromatic carboxylic acids is 1. The summed E-state index contributed by atoms with van der Waals surface area (Å²) in [6.07, 6.45) is 1.01. The maximum Gasteiger partial charge on any atom is 0.353 e. The predicted octanol–water partition coefficient (Wildman–Crippen LogP) is 1.74. The van der Waals surface area contributed by atoms with E-state index in [1.807, 2.05) is 17.5 Å². The molecule has 2 rings (SSSR count). The van der Waals surface area contributed by atoms with Gasteiger partial charge in [0.2, 0.25) is 5.91 Å². The van der Waals surface area contributed by atoms with Crippen LogP contribution in [0.2, 0.25) is 0 Å². The first-order valence-corrected chi connectivity index (χ1v) is 6.14. The lowest BCUT2D eigenvalue weighted by atomic mass is 10.2. The van der Waals surface area contributed by atoms with Crippen LogP contribution in [0.15, 0.2) is 23.6 Å². The topological polar surface area (TPSA) is 95.1 Å².